The summed E-state index contributed by atoms with van der Waals surface area (Å²) in [6.45, 7) is 0. The monoisotopic (exact) mass is 265 g/mol. The summed E-state index contributed by atoms with van der Waals surface area (Å²) in [5.74, 6) is -0.986. The number of hydrogen-bond acceptors (Lipinski definition) is 3. The summed E-state index contributed by atoms with van der Waals surface area (Å²) in [5, 5.41) is 2.69. The number of aromatic nitrogens is 1. The van der Waals surface area contributed by atoms with Crippen LogP contribution in [-0.4, -0.2) is 10.9 Å². The molecule has 4 nitrogen and oxygen atoms in total. The zero-order chi connectivity index (χ0) is 13.1. The zero-order valence-electron chi connectivity index (χ0n) is 9.15. The van der Waals surface area contributed by atoms with Gasteiger partial charge in [-0.25, -0.2) is 9.37 Å². The van der Waals surface area contributed by atoms with E-state index < -0.39 is 11.7 Å². The zero-order valence-corrected chi connectivity index (χ0v) is 9.91. The first-order valence-electron chi connectivity index (χ1n) is 5.04. The van der Waals surface area contributed by atoms with Crippen LogP contribution in [0.5, 0.6) is 0 Å². The number of nitrogens with zero attached hydrogens (tertiary/aromatic N) is 1. The van der Waals surface area contributed by atoms with Gasteiger partial charge in [0.25, 0.3) is 5.91 Å². The number of rotatable bonds is 2. The van der Waals surface area contributed by atoms with Crippen molar-refractivity contribution in [3.8, 4) is 0 Å². The van der Waals surface area contributed by atoms with E-state index in [0.717, 1.165) is 6.07 Å². The predicted octanol–water partition coefficient (Wildman–Crippen LogP) is 2.71. The highest BCUT2D eigenvalue weighted by atomic mass is 35.5. The average molecular weight is 266 g/mol. The molecular weight excluding hydrogens is 257 g/mol. The summed E-state index contributed by atoms with van der Waals surface area (Å²) < 4.78 is 13.5. The van der Waals surface area contributed by atoms with Gasteiger partial charge in [0.1, 0.15) is 11.6 Å². The average Bonchev–Trinajstić information content (AvgIpc) is 2.32. The molecule has 0 spiro atoms. The Labute approximate surface area is 108 Å². The standard InChI is InChI=1S/C12H9ClFN3O/c13-7-1-3-9(10(14)5-7)12(18)17-11-4-2-8(15)6-16-11/h1-6H,15H2,(H,16,17,18). The molecule has 2 aromatic rings. The van der Waals surface area contributed by atoms with Gasteiger partial charge in [0.2, 0.25) is 0 Å². The van der Waals surface area contributed by atoms with Crippen LogP contribution in [0.15, 0.2) is 36.5 Å². The van der Waals surface area contributed by atoms with Crippen molar-refractivity contribution >= 4 is 29.0 Å². The molecule has 0 aliphatic heterocycles. The number of hydrogen-bond donors (Lipinski definition) is 2. The van der Waals surface area contributed by atoms with E-state index in [4.69, 9.17) is 17.3 Å². The molecule has 2 rings (SSSR count). The van der Waals surface area contributed by atoms with Gasteiger partial charge in [-0.3, -0.25) is 4.79 Å². The van der Waals surface area contributed by atoms with Gasteiger partial charge in [-0.1, -0.05) is 11.6 Å². The lowest BCUT2D eigenvalue weighted by Gasteiger charge is -2.05. The summed E-state index contributed by atoms with van der Waals surface area (Å²) in [6.07, 6.45) is 1.40. The second-order valence-corrected chi connectivity index (χ2v) is 3.99. The van der Waals surface area contributed by atoms with E-state index in [1.807, 2.05) is 0 Å². The lowest BCUT2D eigenvalue weighted by atomic mass is 10.2. The minimum absolute atomic E-state index is 0.0991. The number of carbonyl (C=O) groups excluding carboxylic acids is 1. The van der Waals surface area contributed by atoms with Crippen molar-refractivity contribution < 1.29 is 9.18 Å². The van der Waals surface area contributed by atoms with Crippen molar-refractivity contribution in [3.05, 3.63) is 52.9 Å². The molecule has 6 heteroatoms. The van der Waals surface area contributed by atoms with E-state index in [1.165, 1.54) is 24.4 Å². The molecule has 1 amide bonds. The highest BCUT2D eigenvalue weighted by Crippen LogP contribution is 2.16. The Balaban J connectivity index is 2.19. The number of amides is 1. The van der Waals surface area contributed by atoms with Gasteiger partial charge in [0.05, 0.1) is 17.4 Å². The summed E-state index contributed by atoms with van der Waals surface area (Å²) in [7, 11) is 0. The Hall–Kier alpha value is -2.14. The van der Waals surface area contributed by atoms with Crippen LogP contribution < -0.4 is 11.1 Å². The third-order valence-corrected chi connectivity index (χ3v) is 2.44. The summed E-state index contributed by atoms with van der Waals surface area (Å²) in [5.41, 5.74) is 5.84. The van der Waals surface area contributed by atoms with E-state index in [9.17, 15) is 9.18 Å². The highest BCUT2D eigenvalue weighted by molar-refractivity contribution is 6.30. The smallest absolute Gasteiger partial charge is 0.259 e. The van der Waals surface area contributed by atoms with Gasteiger partial charge in [0, 0.05) is 5.02 Å². The van der Waals surface area contributed by atoms with E-state index in [0.29, 0.717) is 11.5 Å². The molecule has 0 bridgehead atoms. The molecule has 0 aliphatic carbocycles. The fourth-order valence-electron chi connectivity index (χ4n) is 1.34. The number of carbonyl (C=O) groups is 1. The Morgan fingerprint density at radius 3 is 2.72 bits per heavy atom. The van der Waals surface area contributed by atoms with E-state index >= 15 is 0 Å². The lowest BCUT2D eigenvalue weighted by molar-refractivity contribution is 0.102. The Morgan fingerprint density at radius 1 is 1.33 bits per heavy atom. The van der Waals surface area contributed by atoms with Crippen molar-refractivity contribution in [2.75, 3.05) is 11.1 Å². The minimum atomic E-state index is -0.685. The number of benzene rings is 1. The van der Waals surface area contributed by atoms with Crippen LogP contribution >= 0.6 is 11.6 Å². The van der Waals surface area contributed by atoms with Crippen LogP contribution in [0.4, 0.5) is 15.9 Å². The summed E-state index contributed by atoms with van der Waals surface area (Å²) >= 11 is 5.60. The molecule has 3 N–H and O–H groups in total. The van der Waals surface area contributed by atoms with Crippen LogP contribution in [0.3, 0.4) is 0 Å². The van der Waals surface area contributed by atoms with Gasteiger partial charge in [-0.15, -0.1) is 0 Å². The first kappa shape index (κ1) is 12.3. The van der Waals surface area contributed by atoms with Crippen LogP contribution in [0, 0.1) is 5.82 Å². The number of anilines is 2. The number of nitrogens with one attached hydrogen (secondary N) is 1. The van der Waals surface area contributed by atoms with Crippen LogP contribution in [-0.2, 0) is 0 Å². The normalized spacial score (nSPS) is 10.1. The fourth-order valence-corrected chi connectivity index (χ4v) is 1.50. The van der Waals surface area contributed by atoms with Crippen LogP contribution in [0.1, 0.15) is 10.4 Å². The topological polar surface area (TPSA) is 68.0 Å². The van der Waals surface area contributed by atoms with Crippen molar-refractivity contribution in [2.24, 2.45) is 0 Å². The second kappa shape index (κ2) is 5.01. The predicted molar refractivity (Wildman–Crippen MR) is 68.0 cm³/mol. The summed E-state index contributed by atoms with van der Waals surface area (Å²) in [4.78, 5) is 15.7. The largest absolute Gasteiger partial charge is 0.397 e. The molecule has 92 valence electrons. The molecule has 0 radical (unpaired) electrons. The number of pyridine rings is 1. The first-order valence-corrected chi connectivity index (χ1v) is 5.42. The van der Waals surface area contributed by atoms with E-state index in [-0.39, 0.29) is 10.6 Å². The SMILES string of the molecule is Nc1ccc(NC(=O)c2ccc(Cl)cc2F)nc1. The molecule has 18 heavy (non-hydrogen) atoms. The third kappa shape index (κ3) is 2.75. The molecule has 1 heterocycles. The maximum absolute atomic E-state index is 13.5. The number of nitrogens with two attached hydrogens (primary N) is 1. The molecular formula is C12H9ClFN3O. The quantitative estimate of drug-likeness (QED) is 0.877. The molecule has 1 aromatic carbocycles. The van der Waals surface area contributed by atoms with E-state index in [2.05, 4.69) is 10.3 Å². The van der Waals surface area contributed by atoms with E-state index in [1.54, 1.807) is 6.07 Å². The maximum Gasteiger partial charge on any atom is 0.259 e. The third-order valence-electron chi connectivity index (χ3n) is 2.20. The van der Waals surface area contributed by atoms with Gasteiger partial charge in [0.15, 0.2) is 0 Å². The van der Waals surface area contributed by atoms with Crippen LogP contribution in [0.2, 0.25) is 5.02 Å². The highest BCUT2D eigenvalue weighted by Gasteiger charge is 2.12. The van der Waals surface area contributed by atoms with Crippen LogP contribution in [0.25, 0.3) is 0 Å². The van der Waals surface area contributed by atoms with Crippen molar-refractivity contribution in [3.63, 3.8) is 0 Å². The molecule has 0 saturated carbocycles. The molecule has 1 aromatic heterocycles. The fraction of sp³-hybridized carbons (Fsp3) is 0. The van der Waals surface area contributed by atoms with Gasteiger partial charge < -0.3 is 11.1 Å². The maximum atomic E-state index is 13.5. The van der Waals surface area contributed by atoms with Crippen molar-refractivity contribution in [1.82, 2.24) is 4.98 Å². The number of halogens is 2. The Kier molecular flexibility index (Phi) is 3.43. The van der Waals surface area contributed by atoms with Gasteiger partial charge >= 0.3 is 0 Å². The molecule has 0 aliphatic rings. The first-order chi connectivity index (χ1) is 8.56. The molecule has 0 unspecified atom stereocenters. The Bertz CT molecular complexity index is 586. The summed E-state index contributed by atoms with van der Waals surface area (Å²) in [6, 6.07) is 6.94. The second-order valence-electron chi connectivity index (χ2n) is 3.56. The van der Waals surface area contributed by atoms with Gasteiger partial charge in [-0.05, 0) is 30.3 Å². The van der Waals surface area contributed by atoms with Gasteiger partial charge in [-0.2, -0.15) is 0 Å². The lowest BCUT2D eigenvalue weighted by Crippen LogP contribution is -2.14. The van der Waals surface area contributed by atoms with Crippen molar-refractivity contribution in [2.45, 2.75) is 0 Å². The molecule has 0 saturated heterocycles. The Morgan fingerprint density at radius 2 is 2.11 bits per heavy atom. The van der Waals surface area contributed by atoms with Crippen molar-refractivity contribution in [1.29, 1.82) is 0 Å². The minimum Gasteiger partial charge on any atom is -0.397 e. The number of nitrogen functional groups attached to an aromatic ring is 1. The molecule has 0 atom stereocenters. The molecule has 0 fully saturated rings.